The molecule has 0 aliphatic carbocycles. The molecule has 4 N–H and O–H groups in total. The van der Waals surface area contributed by atoms with Crippen LogP contribution in [-0.4, -0.2) is 12.5 Å². The Bertz CT molecular complexity index is 448. The lowest BCUT2D eigenvalue weighted by atomic mass is 9.99. The molecule has 1 atom stereocenters. The zero-order valence-electron chi connectivity index (χ0n) is 9.41. The van der Waals surface area contributed by atoms with Gasteiger partial charge < -0.3 is 16.2 Å². The summed E-state index contributed by atoms with van der Waals surface area (Å²) in [6.07, 6.45) is 1.74. The number of carbonyl (C=O) groups is 1. The van der Waals surface area contributed by atoms with E-state index >= 15 is 0 Å². The van der Waals surface area contributed by atoms with Gasteiger partial charge in [0, 0.05) is 28.9 Å². The Morgan fingerprint density at radius 3 is 3.00 bits per heavy atom. The van der Waals surface area contributed by atoms with Crippen LogP contribution >= 0.6 is 15.9 Å². The number of halogens is 1. The first kappa shape index (κ1) is 12.4. The molecule has 1 aromatic rings. The first-order chi connectivity index (χ1) is 8.08. The van der Waals surface area contributed by atoms with Crippen LogP contribution in [0.25, 0.3) is 0 Å². The van der Waals surface area contributed by atoms with Crippen LogP contribution in [-0.2, 0) is 11.2 Å². The largest absolute Gasteiger partial charge is 0.493 e. The quantitative estimate of drug-likeness (QED) is 0.887. The van der Waals surface area contributed by atoms with Crippen molar-refractivity contribution in [2.75, 3.05) is 6.61 Å². The van der Waals surface area contributed by atoms with Gasteiger partial charge in [-0.2, -0.15) is 0 Å². The van der Waals surface area contributed by atoms with Crippen LogP contribution < -0.4 is 16.2 Å². The summed E-state index contributed by atoms with van der Waals surface area (Å²) in [6.45, 7) is 0.696. The number of ether oxygens (including phenoxy) is 1. The Morgan fingerprint density at radius 2 is 2.29 bits per heavy atom. The fourth-order valence-corrected chi connectivity index (χ4v) is 2.55. The number of hydrogen-bond donors (Lipinski definition) is 2. The van der Waals surface area contributed by atoms with Gasteiger partial charge in [-0.3, -0.25) is 4.79 Å². The van der Waals surface area contributed by atoms with Crippen LogP contribution in [0.2, 0.25) is 0 Å². The maximum Gasteiger partial charge on any atom is 0.217 e. The number of nitrogens with two attached hydrogens (primary N) is 2. The van der Waals surface area contributed by atoms with E-state index in [4.69, 9.17) is 16.2 Å². The SMILES string of the molecule is NC(=O)CCC(N)c1cc(Br)cc2c1OCC2. The summed E-state index contributed by atoms with van der Waals surface area (Å²) in [6, 6.07) is 3.79. The summed E-state index contributed by atoms with van der Waals surface area (Å²) in [7, 11) is 0. The normalized spacial score (nSPS) is 15.2. The molecule has 2 rings (SSSR count). The second-order valence-corrected chi connectivity index (χ2v) is 5.11. The van der Waals surface area contributed by atoms with E-state index in [2.05, 4.69) is 15.9 Å². The molecule has 5 heteroatoms. The minimum atomic E-state index is -0.326. The van der Waals surface area contributed by atoms with Crippen LogP contribution in [0.15, 0.2) is 16.6 Å². The summed E-state index contributed by atoms with van der Waals surface area (Å²) < 4.78 is 6.59. The maximum absolute atomic E-state index is 10.8. The van der Waals surface area contributed by atoms with Crippen LogP contribution in [0.1, 0.15) is 30.0 Å². The van der Waals surface area contributed by atoms with Gasteiger partial charge >= 0.3 is 0 Å². The predicted molar refractivity (Wildman–Crippen MR) is 68.7 cm³/mol. The molecule has 1 amide bonds. The van der Waals surface area contributed by atoms with Gasteiger partial charge in [0.1, 0.15) is 5.75 Å². The molecule has 4 nitrogen and oxygen atoms in total. The Balaban J connectivity index is 2.22. The fraction of sp³-hybridized carbons (Fsp3) is 0.417. The lowest BCUT2D eigenvalue weighted by Crippen LogP contribution is -2.17. The van der Waals surface area contributed by atoms with Gasteiger partial charge in [0.05, 0.1) is 6.61 Å². The average Bonchev–Trinajstić information content (AvgIpc) is 2.72. The van der Waals surface area contributed by atoms with Crippen molar-refractivity contribution in [3.05, 3.63) is 27.7 Å². The smallest absolute Gasteiger partial charge is 0.217 e. The van der Waals surface area contributed by atoms with E-state index < -0.39 is 0 Å². The molecule has 1 aliphatic heterocycles. The van der Waals surface area contributed by atoms with Gasteiger partial charge in [-0.15, -0.1) is 0 Å². The number of primary amides is 1. The number of fused-ring (bicyclic) bond motifs is 1. The molecule has 92 valence electrons. The Morgan fingerprint density at radius 1 is 1.53 bits per heavy atom. The molecule has 0 aromatic heterocycles. The fourth-order valence-electron chi connectivity index (χ4n) is 2.03. The van der Waals surface area contributed by atoms with E-state index in [0.29, 0.717) is 19.4 Å². The van der Waals surface area contributed by atoms with E-state index in [1.165, 1.54) is 5.56 Å². The molecule has 1 unspecified atom stereocenters. The molecular weight excluding hydrogens is 284 g/mol. The Labute approximate surface area is 108 Å². The minimum absolute atomic E-state index is 0.216. The van der Waals surface area contributed by atoms with Crippen LogP contribution in [0.4, 0.5) is 0 Å². The molecule has 0 radical (unpaired) electrons. The van der Waals surface area contributed by atoms with E-state index in [0.717, 1.165) is 22.2 Å². The number of hydrogen-bond acceptors (Lipinski definition) is 3. The van der Waals surface area contributed by atoms with E-state index in [1.54, 1.807) is 0 Å². The highest BCUT2D eigenvalue weighted by atomic mass is 79.9. The first-order valence-corrected chi connectivity index (χ1v) is 6.36. The molecule has 1 heterocycles. The van der Waals surface area contributed by atoms with Crippen molar-refractivity contribution in [2.24, 2.45) is 11.5 Å². The maximum atomic E-state index is 10.8. The van der Waals surface area contributed by atoms with Gasteiger partial charge in [-0.1, -0.05) is 15.9 Å². The summed E-state index contributed by atoms with van der Waals surface area (Å²) in [5.41, 5.74) is 13.3. The molecule has 1 aromatic carbocycles. The number of carbonyl (C=O) groups excluding carboxylic acids is 1. The van der Waals surface area contributed by atoms with Gasteiger partial charge in [-0.25, -0.2) is 0 Å². The second kappa shape index (κ2) is 5.06. The van der Waals surface area contributed by atoms with Gasteiger partial charge in [0.15, 0.2) is 0 Å². The van der Waals surface area contributed by atoms with E-state index in [-0.39, 0.29) is 11.9 Å². The zero-order chi connectivity index (χ0) is 12.4. The van der Waals surface area contributed by atoms with Crippen molar-refractivity contribution in [1.29, 1.82) is 0 Å². The summed E-state index contributed by atoms with van der Waals surface area (Å²) in [5, 5.41) is 0. The third-order valence-corrected chi connectivity index (χ3v) is 3.34. The topological polar surface area (TPSA) is 78.3 Å². The monoisotopic (exact) mass is 298 g/mol. The van der Waals surface area contributed by atoms with Crippen molar-refractivity contribution < 1.29 is 9.53 Å². The van der Waals surface area contributed by atoms with Gasteiger partial charge in [-0.05, 0) is 24.1 Å². The predicted octanol–water partition coefficient (Wildman–Crippen LogP) is 1.65. The standard InChI is InChI=1S/C12H15BrN2O2/c13-8-5-7-3-4-17-12(7)9(6-8)10(14)1-2-11(15)16/h5-6,10H,1-4,14H2,(H2,15,16). The molecule has 0 spiro atoms. The lowest BCUT2D eigenvalue weighted by molar-refractivity contribution is -0.118. The van der Waals surface area contributed by atoms with Gasteiger partial charge in [0.25, 0.3) is 0 Å². The van der Waals surface area contributed by atoms with Crippen molar-refractivity contribution in [3.63, 3.8) is 0 Å². The van der Waals surface area contributed by atoms with Crippen molar-refractivity contribution in [1.82, 2.24) is 0 Å². The lowest BCUT2D eigenvalue weighted by Gasteiger charge is -2.15. The van der Waals surface area contributed by atoms with E-state index in [1.807, 2.05) is 12.1 Å². The van der Waals surface area contributed by atoms with Gasteiger partial charge in [0.2, 0.25) is 5.91 Å². The zero-order valence-corrected chi connectivity index (χ0v) is 11.0. The molecule has 0 saturated carbocycles. The molecule has 0 bridgehead atoms. The second-order valence-electron chi connectivity index (χ2n) is 4.19. The van der Waals surface area contributed by atoms with Crippen LogP contribution in [0.3, 0.4) is 0 Å². The summed E-state index contributed by atoms with van der Waals surface area (Å²) in [4.78, 5) is 10.8. The number of benzene rings is 1. The first-order valence-electron chi connectivity index (χ1n) is 5.57. The molecule has 0 saturated heterocycles. The third kappa shape index (κ3) is 2.79. The molecule has 1 aliphatic rings. The molecule has 17 heavy (non-hydrogen) atoms. The molecule has 0 fully saturated rings. The van der Waals surface area contributed by atoms with Crippen LogP contribution in [0, 0.1) is 0 Å². The summed E-state index contributed by atoms with van der Waals surface area (Å²) in [5.74, 6) is 0.554. The highest BCUT2D eigenvalue weighted by Gasteiger charge is 2.21. The summed E-state index contributed by atoms with van der Waals surface area (Å²) >= 11 is 3.46. The van der Waals surface area contributed by atoms with Crippen LogP contribution in [0.5, 0.6) is 5.75 Å². The average molecular weight is 299 g/mol. The number of amides is 1. The third-order valence-electron chi connectivity index (χ3n) is 2.88. The van der Waals surface area contributed by atoms with E-state index in [9.17, 15) is 4.79 Å². The van der Waals surface area contributed by atoms with Crippen molar-refractivity contribution in [2.45, 2.75) is 25.3 Å². The minimum Gasteiger partial charge on any atom is -0.493 e. The Hall–Kier alpha value is -1.07. The Kier molecular flexibility index (Phi) is 3.69. The number of rotatable bonds is 4. The molecular formula is C12H15BrN2O2. The van der Waals surface area contributed by atoms with Crippen molar-refractivity contribution >= 4 is 21.8 Å². The van der Waals surface area contributed by atoms with Crippen molar-refractivity contribution in [3.8, 4) is 5.75 Å². The highest BCUT2D eigenvalue weighted by Crippen LogP contribution is 2.36. The highest BCUT2D eigenvalue weighted by molar-refractivity contribution is 9.10.